The number of rotatable bonds is 4. The van der Waals surface area contributed by atoms with Crippen molar-refractivity contribution in [1.82, 2.24) is 0 Å². The van der Waals surface area contributed by atoms with Crippen molar-refractivity contribution < 1.29 is 23.8 Å². The lowest BCUT2D eigenvalue weighted by molar-refractivity contribution is 0.0586. The molecule has 5 heteroatoms. The first kappa shape index (κ1) is 13.8. The van der Waals surface area contributed by atoms with Crippen LogP contribution in [0.25, 0.3) is 5.76 Å². The quantitative estimate of drug-likeness (QED) is 0.603. The number of hydrogen-bond donors (Lipinski definition) is 0. The molecule has 0 bridgehead atoms. The standard InChI is InChI=1S/C13H14O5/c1-8(16-2)11-7-9(12(14)17-3)5-6-10(11)13(15)18-4/h5-7H,1H2,2-4H3. The molecule has 0 saturated heterocycles. The van der Waals surface area contributed by atoms with Gasteiger partial charge in [0, 0.05) is 5.56 Å². The molecule has 0 aliphatic carbocycles. The zero-order valence-corrected chi connectivity index (χ0v) is 10.5. The van der Waals surface area contributed by atoms with Crippen LogP contribution in [0.4, 0.5) is 0 Å². The van der Waals surface area contributed by atoms with Gasteiger partial charge in [0.15, 0.2) is 0 Å². The molecule has 0 atom stereocenters. The highest BCUT2D eigenvalue weighted by Gasteiger charge is 2.17. The highest BCUT2D eigenvalue weighted by molar-refractivity contribution is 5.97. The second-order valence-corrected chi connectivity index (χ2v) is 3.37. The third kappa shape index (κ3) is 2.68. The first-order valence-corrected chi connectivity index (χ1v) is 5.09. The minimum Gasteiger partial charge on any atom is -0.497 e. The number of hydrogen-bond acceptors (Lipinski definition) is 5. The lowest BCUT2D eigenvalue weighted by Crippen LogP contribution is -2.09. The molecule has 1 aromatic carbocycles. The fourth-order valence-corrected chi connectivity index (χ4v) is 1.42. The lowest BCUT2D eigenvalue weighted by atomic mass is 10.0. The van der Waals surface area contributed by atoms with Gasteiger partial charge in [-0.25, -0.2) is 9.59 Å². The molecule has 1 rings (SSSR count). The molecule has 0 saturated carbocycles. The summed E-state index contributed by atoms with van der Waals surface area (Å²) >= 11 is 0. The van der Waals surface area contributed by atoms with E-state index < -0.39 is 11.9 Å². The average Bonchev–Trinajstić information content (AvgIpc) is 2.43. The summed E-state index contributed by atoms with van der Waals surface area (Å²) in [6, 6.07) is 4.42. The molecule has 0 heterocycles. The van der Waals surface area contributed by atoms with E-state index in [4.69, 9.17) is 4.74 Å². The van der Waals surface area contributed by atoms with Crippen LogP contribution in [0.3, 0.4) is 0 Å². The zero-order chi connectivity index (χ0) is 13.7. The second-order valence-electron chi connectivity index (χ2n) is 3.37. The topological polar surface area (TPSA) is 61.8 Å². The summed E-state index contributed by atoms with van der Waals surface area (Å²) in [6.45, 7) is 3.66. The first-order valence-electron chi connectivity index (χ1n) is 5.09. The van der Waals surface area contributed by atoms with Crippen molar-refractivity contribution in [1.29, 1.82) is 0 Å². The van der Waals surface area contributed by atoms with E-state index in [0.29, 0.717) is 11.1 Å². The molecule has 18 heavy (non-hydrogen) atoms. The summed E-state index contributed by atoms with van der Waals surface area (Å²) < 4.78 is 14.2. The van der Waals surface area contributed by atoms with E-state index in [2.05, 4.69) is 16.1 Å². The Hall–Kier alpha value is -2.30. The van der Waals surface area contributed by atoms with Gasteiger partial charge >= 0.3 is 11.9 Å². The molecule has 0 unspecified atom stereocenters. The van der Waals surface area contributed by atoms with E-state index in [1.54, 1.807) is 0 Å². The summed E-state index contributed by atoms with van der Waals surface area (Å²) in [5, 5.41) is 0. The van der Waals surface area contributed by atoms with Crippen molar-refractivity contribution in [2.24, 2.45) is 0 Å². The maximum atomic E-state index is 11.6. The number of benzene rings is 1. The second kappa shape index (κ2) is 5.86. The number of esters is 2. The average molecular weight is 250 g/mol. The Morgan fingerprint density at radius 1 is 0.944 bits per heavy atom. The third-order valence-corrected chi connectivity index (χ3v) is 2.39. The number of ether oxygens (including phenoxy) is 3. The van der Waals surface area contributed by atoms with Crippen LogP contribution in [-0.2, 0) is 14.2 Å². The molecule has 96 valence electrons. The predicted octanol–water partition coefficient (Wildman–Crippen LogP) is 1.88. The van der Waals surface area contributed by atoms with E-state index in [1.165, 1.54) is 39.5 Å². The Bertz CT molecular complexity index is 490. The lowest BCUT2D eigenvalue weighted by Gasteiger charge is -2.11. The zero-order valence-electron chi connectivity index (χ0n) is 10.5. The van der Waals surface area contributed by atoms with Crippen molar-refractivity contribution in [3.8, 4) is 0 Å². The molecular weight excluding hydrogens is 236 g/mol. The molecule has 5 nitrogen and oxygen atoms in total. The van der Waals surface area contributed by atoms with Gasteiger partial charge in [-0.15, -0.1) is 0 Å². The van der Waals surface area contributed by atoms with Crippen molar-refractivity contribution in [3.63, 3.8) is 0 Å². The van der Waals surface area contributed by atoms with Crippen LogP contribution >= 0.6 is 0 Å². The normalized spacial score (nSPS) is 9.50. The van der Waals surface area contributed by atoms with Crippen LogP contribution < -0.4 is 0 Å². The van der Waals surface area contributed by atoms with Gasteiger partial charge in [-0.1, -0.05) is 6.58 Å². The Morgan fingerprint density at radius 3 is 2.06 bits per heavy atom. The highest BCUT2D eigenvalue weighted by atomic mass is 16.5. The van der Waals surface area contributed by atoms with Crippen LogP contribution in [0.5, 0.6) is 0 Å². The van der Waals surface area contributed by atoms with Crippen molar-refractivity contribution >= 4 is 17.7 Å². The molecular formula is C13H14O5. The van der Waals surface area contributed by atoms with E-state index in [1.807, 2.05) is 0 Å². The maximum Gasteiger partial charge on any atom is 0.338 e. The van der Waals surface area contributed by atoms with Gasteiger partial charge in [0.05, 0.1) is 32.5 Å². The predicted molar refractivity (Wildman–Crippen MR) is 65.2 cm³/mol. The highest BCUT2D eigenvalue weighted by Crippen LogP contribution is 2.21. The summed E-state index contributed by atoms with van der Waals surface area (Å²) in [5.41, 5.74) is 0.975. The Balaban J connectivity index is 3.33. The largest absolute Gasteiger partial charge is 0.497 e. The fraction of sp³-hybridized carbons (Fsp3) is 0.231. The molecule has 0 aromatic heterocycles. The fourth-order valence-electron chi connectivity index (χ4n) is 1.42. The molecule has 0 amide bonds. The molecule has 0 aliphatic heterocycles. The van der Waals surface area contributed by atoms with Crippen LogP contribution in [0.2, 0.25) is 0 Å². The van der Waals surface area contributed by atoms with E-state index >= 15 is 0 Å². The summed E-state index contributed by atoms with van der Waals surface area (Å²) in [5.74, 6) is -0.766. The number of carbonyl (C=O) groups is 2. The maximum absolute atomic E-state index is 11.6. The van der Waals surface area contributed by atoms with Gasteiger partial charge in [-0.2, -0.15) is 0 Å². The monoisotopic (exact) mass is 250 g/mol. The van der Waals surface area contributed by atoms with Gasteiger partial charge in [-0.05, 0) is 18.2 Å². The van der Waals surface area contributed by atoms with Gasteiger partial charge in [0.2, 0.25) is 0 Å². The minimum absolute atomic E-state index is 0.265. The molecule has 0 fully saturated rings. The molecule has 1 aromatic rings. The Kier molecular flexibility index (Phi) is 4.48. The van der Waals surface area contributed by atoms with Gasteiger partial charge < -0.3 is 14.2 Å². The SMILES string of the molecule is C=C(OC)c1cc(C(=O)OC)ccc1C(=O)OC. The summed E-state index contributed by atoms with van der Waals surface area (Å²) in [7, 11) is 3.98. The summed E-state index contributed by atoms with van der Waals surface area (Å²) in [6.07, 6.45) is 0. The first-order chi connectivity index (χ1) is 8.54. The Morgan fingerprint density at radius 2 is 1.56 bits per heavy atom. The molecule has 0 aliphatic rings. The van der Waals surface area contributed by atoms with E-state index in [0.717, 1.165) is 0 Å². The van der Waals surface area contributed by atoms with E-state index in [9.17, 15) is 9.59 Å². The van der Waals surface area contributed by atoms with Gasteiger partial charge in [0.25, 0.3) is 0 Å². The van der Waals surface area contributed by atoms with E-state index in [-0.39, 0.29) is 11.3 Å². The van der Waals surface area contributed by atoms with Crippen molar-refractivity contribution in [3.05, 3.63) is 41.5 Å². The number of carbonyl (C=O) groups excluding carboxylic acids is 2. The van der Waals surface area contributed by atoms with Crippen molar-refractivity contribution in [2.45, 2.75) is 0 Å². The minimum atomic E-state index is -0.528. The van der Waals surface area contributed by atoms with Crippen LogP contribution in [0, 0.1) is 0 Å². The van der Waals surface area contributed by atoms with Crippen LogP contribution in [-0.4, -0.2) is 33.3 Å². The van der Waals surface area contributed by atoms with Crippen molar-refractivity contribution in [2.75, 3.05) is 21.3 Å². The van der Waals surface area contributed by atoms with Gasteiger partial charge in [0.1, 0.15) is 5.76 Å². The smallest absolute Gasteiger partial charge is 0.338 e. The molecule has 0 radical (unpaired) electrons. The van der Waals surface area contributed by atoms with Crippen LogP contribution in [0.15, 0.2) is 24.8 Å². The van der Waals surface area contributed by atoms with Crippen LogP contribution in [0.1, 0.15) is 26.3 Å². The third-order valence-electron chi connectivity index (χ3n) is 2.39. The molecule has 0 spiro atoms. The number of methoxy groups -OCH3 is 3. The molecule has 0 N–H and O–H groups in total. The van der Waals surface area contributed by atoms with Gasteiger partial charge in [-0.3, -0.25) is 0 Å². The Labute approximate surface area is 105 Å². The summed E-state index contributed by atoms with van der Waals surface area (Å²) in [4.78, 5) is 23.0.